The maximum atomic E-state index is 11.1. The van der Waals surface area contributed by atoms with E-state index in [0.29, 0.717) is 11.6 Å². The number of fused-ring (bicyclic) bond motifs is 1. The van der Waals surface area contributed by atoms with Gasteiger partial charge >= 0.3 is 5.76 Å². The lowest BCUT2D eigenvalue weighted by Crippen LogP contribution is -2.27. The third kappa shape index (κ3) is 2.67. The lowest BCUT2D eigenvalue weighted by Gasteiger charge is -2.29. The van der Waals surface area contributed by atoms with E-state index in [1.165, 1.54) is 32.1 Å². The van der Waals surface area contributed by atoms with E-state index in [1.807, 2.05) is 18.2 Å². The van der Waals surface area contributed by atoms with Gasteiger partial charge in [-0.3, -0.25) is 4.98 Å². The first-order chi connectivity index (χ1) is 9.22. The fourth-order valence-electron chi connectivity index (χ4n) is 3.06. The SMILES string of the molecule is CC(Nc1ccc2oc(=O)[nH]c2c1)C1CCCCC1. The van der Waals surface area contributed by atoms with E-state index < -0.39 is 5.76 Å². The first-order valence-electron chi connectivity index (χ1n) is 7.12. The summed E-state index contributed by atoms with van der Waals surface area (Å²) in [6, 6.07) is 6.22. The lowest BCUT2D eigenvalue weighted by molar-refractivity contribution is 0.328. The van der Waals surface area contributed by atoms with E-state index in [0.717, 1.165) is 17.1 Å². The van der Waals surface area contributed by atoms with Gasteiger partial charge in [0.05, 0.1) is 5.52 Å². The molecule has 2 aromatic rings. The summed E-state index contributed by atoms with van der Waals surface area (Å²) in [7, 11) is 0. The highest BCUT2D eigenvalue weighted by Gasteiger charge is 2.19. The van der Waals surface area contributed by atoms with Gasteiger partial charge in [-0.2, -0.15) is 0 Å². The van der Waals surface area contributed by atoms with Gasteiger partial charge in [-0.05, 0) is 43.9 Å². The Morgan fingerprint density at radius 2 is 2.11 bits per heavy atom. The molecule has 0 saturated heterocycles. The summed E-state index contributed by atoms with van der Waals surface area (Å²) in [5.74, 6) is 0.361. The minimum atomic E-state index is -0.396. The number of H-pyrrole nitrogens is 1. The Hall–Kier alpha value is -1.71. The zero-order valence-electron chi connectivity index (χ0n) is 11.2. The molecule has 0 bridgehead atoms. The smallest absolute Gasteiger partial charge is 0.408 e. The van der Waals surface area contributed by atoms with Crippen LogP contribution in [0.15, 0.2) is 27.4 Å². The van der Waals surface area contributed by atoms with Crippen molar-refractivity contribution in [3.63, 3.8) is 0 Å². The van der Waals surface area contributed by atoms with E-state index in [4.69, 9.17) is 4.42 Å². The normalized spacial score (nSPS) is 18.6. The minimum absolute atomic E-state index is 0.396. The number of oxazole rings is 1. The summed E-state index contributed by atoms with van der Waals surface area (Å²) in [4.78, 5) is 13.8. The molecule has 0 aliphatic heterocycles. The van der Waals surface area contributed by atoms with Crippen LogP contribution in [0.2, 0.25) is 0 Å². The number of aromatic amines is 1. The minimum Gasteiger partial charge on any atom is -0.408 e. The molecular weight excluding hydrogens is 240 g/mol. The summed E-state index contributed by atoms with van der Waals surface area (Å²) in [5.41, 5.74) is 2.41. The quantitative estimate of drug-likeness (QED) is 0.888. The summed E-state index contributed by atoms with van der Waals surface area (Å²) in [5, 5.41) is 3.55. The highest BCUT2D eigenvalue weighted by atomic mass is 16.4. The Kier molecular flexibility index (Phi) is 3.32. The number of nitrogens with one attached hydrogen (secondary N) is 2. The van der Waals surface area contributed by atoms with Crippen LogP contribution in [-0.2, 0) is 0 Å². The van der Waals surface area contributed by atoms with Gasteiger partial charge in [0.15, 0.2) is 5.58 Å². The largest absolute Gasteiger partial charge is 0.417 e. The molecule has 1 aliphatic rings. The van der Waals surface area contributed by atoms with Gasteiger partial charge in [-0.25, -0.2) is 4.79 Å². The molecule has 1 saturated carbocycles. The van der Waals surface area contributed by atoms with Crippen molar-refractivity contribution >= 4 is 16.8 Å². The molecule has 19 heavy (non-hydrogen) atoms. The van der Waals surface area contributed by atoms with E-state index in [2.05, 4.69) is 17.2 Å². The molecule has 0 radical (unpaired) electrons. The van der Waals surface area contributed by atoms with Crippen LogP contribution in [0.4, 0.5) is 5.69 Å². The van der Waals surface area contributed by atoms with Gasteiger partial charge in [0.1, 0.15) is 0 Å². The zero-order chi connectivity index (χ0) is 13.2. The average Bonchev–Trinajstić information content (AvgIpc) is 2.79. The summed E-state index contributed by atoms with van der Waals surface area (Å²) in [6.07, 6.45) is 6.72. The van der Waals surface area contributed by atoms with Crippen molar-refractivity contribution in [3.8, 4) is 0 Å². The molecule has 2 N–H and O–H groups in total. The van der Waals surface area contributed by atoms with Crippen LogP contribution in [0.3, 0.4) is 0 Å². The molecule has 102 valence electrons. The van der Waals surface area contributed by atoms with Crippen molar-refractivity contribution in [3.05, 3.63) is 28.7 Å². The Balaban J connectivity index is 1.74. The molecule has 1 aromatic carbocycles. The van der Waals surface area contributed by atoms with E-state index in [9.17, 15) is 4.79 Å². The standard InChI is InChI=1S/C15H20N2O2/c1-10(11-5-3-2-4-6-11)16-12-7-8-14-13(9-12)17-15(18)19-14/h7-11,16H,2-6H2,1H3,(H,17,18). The number of benzene rings is 1. The average molecular weight is 260 g/mol. The van der Waals surface area contributed by atoms with Crippen LogP contribution >= 0.6 is 0 Å². The molecule has 1 fully saturated rings. The maximum Gasteiger partial charge on any atom is 0.417 e. The predicted molar refractivity (Wildman–Crippen MR) is 76.5 cm³/mol. The van der Waals surface area contributed by atoms with Crippen LogP contribution in [0, 0.1) is 5.92 Å². The molecule has 1 aromatic heterocycles. The van der Waals surface area contributed by atoms with Crippen LogP contribution in [0.25, 0.3) is 11.1 Å². The second kappa shape index (κ2) is 5.11. The van der Waals surface area contributed by atoms with Crippen molar-refractivity contribution in [2.45, 2.75) is 45.1 Å². The van der Waals surface area contributed by atoms with Crippen molar-refractivity contribution in [2.75, 3.05) is 5.32 Å². The maximum absolute atomic E-state index is 11.1. The van der Waals surface area contributed by atoms with E-state index in [-0.39, 0.29) is 0 Å². The van der Waals surface area contributed by atoms with Gasteiger partial charge in [0.2, 0.25) is 0 Å². The number of anilines is 1. The second-order valence-corrected chi connectivity index (χ2v) is 5.56. The first kappa shape index (κ1) is 12.3. The first-order valence-corrected chi connectivity index (χ1v) is 7.12. The third-order valence-corrected chi connectivity index (χ3v) is 4.17. The van der Waals surface area contributed by atoms with Crippen molar-refractivity contribution in [2.24, 2.45) is 5.92 Å². The number of hydrogen-bond acceptors (Lipinski definition) is 3. The fraction of sp³-hybridized carbons (Fsp3) is 0.533. The van der Waals surface area contributed by atoms with Crippen LogP contribution < -0.4 is 11.1 Å². The number of hydrogen-bond donors (Lipinski definition) is 2. The van der Waals surface area contributed by atoms with E-state index >= 15 is 0 Å². The topological polar surface area (TPSA) is 58.0 Å². The Morgan fingerprint density at radius 3 is 2.89 bits per heavy atom. The zero-order valence-corrected chi connectivity index (χ0v) is 11.2. The van der Waals surface area contributed by atoms with Gasteiger partial charge in [0, 0.05) is 11.7 Å². The lowest BCUT2D eigenvalue weighted by atomic mass is 9.84. The molecule has 0 amide bonds. The summed E-state index contributed by atoms with van der Waals surface area (Å²) >= 11 is 0. The van der Waals surface area contributed by atoms with Gasteiger partial charge in [0.25, 0.3) is 0 Å². The monoisotopic (exact) mass is 260 g/mol. The van der Waals surface area contributed by atoms with Gasteiger partial charge in [-0.1, -0.05) is 19.3 Å². The van der Waals surface area contributed by atoms with Crippen LogP contribution in [0.5, 0.6) is 0 Å². The third-order valence-electron chi connectivity index (χ3n) is 4.17. The number of aromatic nitrogens is 1. The molecule has 1 aliphatic carbocycles. The van der Waals surface area contributed by atoms with Crippen LogP contribution in [-0.4, -0.2) is 11.0 Å². The Morgan fingerprint density at radius 1 is 1.32 bits per heavy atom. The molecule has 1 unspecified atom stereocenters. The predicted octanol–water partition coefficient (Wildman–Crippen LogP) is 3.50. The van der Waals surface area contributed by atoms with E-state index in [1.54, 1.807) is 0 Å². The van der Waals surface area contributed by atoms with Crippen molar-refractivity contribution in [1.29, 1.82) is 0 Å². The Labute approximate surface area is 112 Å². The molecule has 1 atom stereocenters. The number of rotatable bonds is 3. The Bertz CT molecular complexity index is 608. The summed E-state index contributed by atoms with van der Waals surface area (Å²) in [6.45, 7) is 2.25. The van der Waals surface area contributed by atoms with Crippen molar-refractivity contribution < 1.29 is 4.42 Å². The van der Waals surface area contributed by atoms with Crippen molar-refractivity contribution in [1.82, 2.24) is 4.98 Å². The van der Waals surface area contributed by atoms with Gasteiger partial charge < -0.3 is 9.73 Å². The van der Waals surface area contributed by atoms with Gasteiger partial charge in [-0.15, -0.1) is 0 Å². The fourth-order valence-corrected chi connectivity index (χ4v) is 3.06. The highest BCUT2D eigenvalue weighted by Crippen LogP contribution is 2.28. The molecule has 4 heteroatoms. The highest BCUT2D eigenvalue weighted by molar-refractivity contribution is 5.76. The molecule has 4 nitrogen and oxygen atoms in total. The summed E-state index contributed by atoms with van der Waals surface area (Å²) < 4.78 is 5.01. The molecule has 3 rings (SSSR count). The van der Waals surface area contributed by atoms with Crippen LogP contribution in [0.1, 0.15) is 39.0 Å². The molecule has 1 heterocycles. The molecular formula is C15H20N2O2. The molecule has 0 spiro atoms. The second-order valence-electron chi connectivity index (χ2n) is 5.56.